The first-order chi connectivity index (χ1) is 11.7. The van der Waals surface area contributed by atoms with Gasteiger partial charge in [0.1, 0.15) is 0 Å². The molecule has 0 saturated carbocycles. The zero-order valence-electron chi connectivity index (χ0n) is 13.8. The van der Waals surface area contributed by atoms with Crippen LogP contribution in [0.2, 0.25) is 0 Å². The van der Waals surface area contributed by atoms with Crippen molar-refractivity contribution in [3.8, 4) is 0 Å². The number of thioether (sulfide) groups is 1. The van der Waals surface area contributed by atoms with Crippen molar-refractivity contribution in [3.63, 3.8) is 0 Å². The number of rotatable bonds is 5. The molecule has 1 N–H and O–H groups in total. The number of likely N-dealkylation sites (N-methyl/N-ethyl adjacent to an activating group) is 1. The summed E-state index contributed by atoms with van der Waals surface area (Å²) in [5.74, 6) is -0.0211. The molecule has 0 atom stereocenters. The van der Waals surface area contributed by atoms with Crippen molar-refractivity contribution in [2.75, 3.05) is 30.1 Å². The highest BCUT2D eigenvalue weighted by atomic mass is 32.2. The van der Waals surface area contributed by atoms with Gasteiger partial charge in [0.05, 0.1) is 12.2 Å². The summed E-state index contributed by atoms with van der Waals surface area (Å²) in [7, 11) is 1.93. The Hall–Kier alpha value is -2.46. The van der Waals surface area contributed by atoms with Crippen molar-refractivity contribution >= 4 is 39.8 Å². The molecule has 3 rings (SSSR count). The van der Waals surface area contributed by atoms with Gasteiger partial charge in [-0.2, -0.15) is 0 Å². The van der Waals surface area contributed by atoms with E-state index in [2.05, 4.69) is 29.6 Å². The number of carbonyl (C=O) groups excluding carboxylic acids is 1. The van der Waals surface area contributed by atoms with E-state index in [-0.39, 0.29) is 5.91 Å². The predicted octanol–water partition coefficient (Wildman–Crippen LogP) is 4.64. The standard InChI is InChI=1S/C20H20N2OS/c1-22(17-12-11-15-7-3-4-8-16(15)13-17)14-20(23)21-18-9-5-6-10-19(18)24-2/h3-13H,14H2,1-2H3,(H,21,23). The monoisotopic (exact) mass is 336 g/mol. The Kier molecular flexibility index (Phi) is 5.06. The van der Waals surface area contributed by atoms with Gasteiger partial charge in [-0.05, 0) is 41.3 Å². The van der Waals surface area contributed by atoms with E-state index >= 15 is 0 Å². The third-order valence-electron chi connectivity index (χ3n) is 3.94. The largest absolute Gasteiger partial charge is 0.365 e. The molecule has 122 valence electrons. The van der Waals surface area contributed by atoms with E-state index in [4.69, 9.17) is 0 Å². The quantitative estimate of drug-likeness (QED) is 0.689. The average molecular weight is 336 g/mol. The fraction of sp³-hybridized carbons (Fsp3) is 0.150. The fourth-order valence-corrected chi connectivity index (χ4v) is 3.21. The summed E-state index contributed by atoms with van der Waals surface area (Å²) < 4.78 is 0. The summed E-state index contributed by atoms with van der Waals surface area (Å²) >= 11 is 1.63. The van der Waals surface area contributed by atoms with Crippen molar-refractivity contribution in [1.29, 1.82) is 0 Å². The van der Waals surface area contributed by atoms with Crippen molar-refractivity contribution in [3.05, 3.63) is 66.7 Å². The molecular weight excluding hydrogens is 316 g/mol. The molecule has 0 spiro atoms. The molecule has 0 fully saturated rings. The van der Waals surface area contributed by atoms with Gasteiger partial charge >= 0.3 is 0 Å². The molecule has 0 aliphatic heterocycles. The number of benzene rings is 3. The van der Waals surface area contributed by atoms with E-state index in [9.17, 15) is 4.79 Å². The van der Waals surface area contributed by atoms with E-state index in [0.717, 1.165) is 16.3 Å². The Balaban J connectivity index is 1.71. The second-order valence-electron chi connectivity index (χ2n) is 5.64. The van der Waals surface area contributed by atoms with Crippen LogP contribution < -0.4 is 10.2 Å². The van der Waals surface area contributed by atoms with Crippen LogP contribution in [0.25, 0.3) is 10.8 Å². The fourth-order valence-electron chi connectivity index (χ4n) is 2.66. The molecule has 0 unspecified atom stereocenters. The smallest absolute Gasteiger partial charge is 0.243 e. The van der Waals surface area contributed by atoms with Crippen LogP contribution in [0.1, 0.15) is 0 Å². The molecule has 0 bridgehead atoms. The van der Waals surface area contributed by atoms with Gasteiger partial charge in [-0.15, -0.1) is 11.8 Å². The lowest BCUT2D eigenvalue weighted by Gasteiger charge is -2.20. The zero-order chi connectivity index (χ0) is 16.9. The van der Waals surface area contributed by atoms with Gasteiger partial charge in [-0.3, -0.25) is 4.79 Å². The summed E-state index contributed by atoms with van der Waals surface area (Å²) in [6.07, 6.45) is 2.01. The maximum absolute atomic E-state index is 12.4. The van der Waals surface area contributed by atoms with Gasteiger partial charge in [0.25, 0.3) is 0 Å². The van der Waals surface area contributed by atoms with Crippen molar-refractivity contribution in [2.45, 2.75) is 4.90 Å². The summed E-state index contributed by atoms with van der Waals surface area (Å²) in [6.45, 7) is 0.307. The van der Waals surface area contributed by atoms with Gasteiger partial charge in [-0.1, -0.05) is 42.5 Å². The van der Waals surface area contributed by atoms with E-state index in [1.165, 1.54) is 10.8 Å². The first kappa shape index (κ1) is 16.4. The number of nitrogens with one attached hydrogen (secondary N) is 1. The Labute approximate surface area is 146 Å². The van der Waals surface area contributed by atoms with E-state index in [0.29, 0.717) is 6.54 Å². The molecular formula is C20H20N2OS. The number of anilines is 2. The Morgan fingerprint density at radius 3 is 2.50 bits per heavy atom. The zero-order valence-corrected chi connectivity index (χ0v) is 14.6. The number of hydrogen-bond acceptors (Lipinski definition) is 3. The number of carbonyl (C=O) groups is 1. The number of fused-ring (bicyclic) bond motifs is 1. The number of nitrogens with zero attached hydrogens (tertiary/aromatic N) is 1. The lowest BCUT2D eigenvalue weighted by atomic mass is 10.1. The van der Waals surface area contributed by atoms with Crippen LogP contribution in [0.5, 0.6) is 0 Å². The van der Waals surface area contributed by atoms with Gasteiger partial charge in [-0.25, -0.2) is 0 Å². The minimum absolute atomic E-state index is 0.0211. The third kappa shape index (κ3) is 3.71. The van der Waals surface area contributed by atoms with Crippen LogP contribution in [-0.4, -0.2) is 25.8 Å². The summed E-state index contributed by atoms with van der Waals surface area (Å²) in [5, 5.41) is 5.38. The maximum atomic E-state index is 12.4. The Morgan fingerprint density at radius 2 is 1.71 bits per heavy atom. The topological polar surface area (TPSA) is 32.3 Å². The number of amides is 1. The Morgan fingerprint density at radius 1 is 1.00 bits per heavy atom. The minimum Gasteiger partial charge on any atom is -0.365 e. The highest BCUT2D eigenvalue weighted by molar-refractivity contribution is 7.98. The second kappa shape index (κ2) is 7.41. The first-order valence-corrected chi connectivity index (χ1v) is 9.02. The molecule has 0 aromatic heterocycles. The molecule has 3 nitrogen and oxygen atoms in total. The Bertz CT molecular complexity index is 863. The molecule has 1 amide bonds. The van der Waals surface area contributed by atoms with Crippen molar-refractivity contribution in [2.24, 2.45) is 0 Å². The highest BCUT2D eigenvalue weighted by Gasteiger charge is 2.10. The molecule has 0 saturated heterocycles. The summed E-state index contributed by atoms with van der Waals surface area (Å²) in [4.78, 5) is 15.4. The SMILES string of the molecule is CSc1ccccc1NC(=O)CN(C)c1ccc2ccccc2c1. The van der Waals surface area contributed by atoms with Crippen LogP contribution >= 0.6 is 11.8 Å². The van der Waals surface area contributed by atoms with Crippen LogP contribution in [0.4, 0.5) is 11.4 Å². The number of para-hydroxylation sites is 1. The molecule has 0 radical (unpaired) electrons. The lowest BCUT2D eigenvalue weighted by molar-refractivity contribution is -0.114. The summed E-state index contributed by atoms with van der Waals surface area (Å²) in [5.41, 5.74) is 1.89. The average Bonchev–Trinajstić information content (AvgIpc) is 2.61. The summed E-state index contributed by atoms with van der Waals surface area (Å²) in [6, 6.07) is 22.3. The van der Waals surface area contributed by atoms with Crippen LogP contribution in [0, 0.1) is 0 Å². The normalized spacial score (nSPS) is 10.6. The molecule has 0 heterocycles. The molecule has 0 aliphatic carbocycles. The third-order valence-corrected chi connectivity index (χ3v) is 4.73. The first-order valence-electron chi connectivity index (χ1n) is 7.80. The molecule has 3 aromatic carbocycles. The van der Waals surface area contributed by atoms with Gasteiger partial charge in [0.15, 0.2) is 0 Å². The van der Waals surface area contributed by atoms with Gasteiger partial charge < -0.3 is 10.2 Å². The van der Waals surface area contributed by atoms with Gasteiger partial charge in [0.2, 0.25) is 5.91 Å². The van der Waals surface area contributed by atoms with Crippen LogP contribution in [0.3, 0.4) is 0 Å². The molecule has 3 aromatic rings. The highest BCUT2D eigenvalue weighted by Crippen LogP contribution is 2.25. The van der Waals surface area contributed by atoms with Crippen molar-refractivity contribution < 1.29 is 4.79 Å². The molecule has 4 heteroatoms. The van der Waals surface area contributed by atoms with E-state index < -0.39 is 0 Å². The van der Waals surface area contributed by atoms with Crippen LogP contribution in [0.15, 0.2) is 71.6 Å². The molecule has 24 heavy (non-hydrogen) atoms. The molecule has 0 aliphatic rings. The van der Waals surface area contributed by atoms with E-state index in [1.54, 1.807) is 11.8 Å². The van der Waals surface area contributed by atoms with E-state index in [1.807, 2.05) is 60.7 Å². The second-order valence-corrected chi connectivity index (χ2v) is 6.48. The van der Waals surface area contributed by atoms with Crippen LogP contribution in [-0.2, 0) is 4.79 Å². The lowest BCUT2D eigenvalue weighted by Crippen LogP contribution is -2.30. The minimum atomic E-state index is -0.0211. The number of hydrogen-bond donors (Lipinski definition) is 1. The van der Waals surface area contributed by atoms with Crippen molar-refractivity contribution in [1.82, 2.24) is 0 Å². The maximum Gasteiger partial charge on any atom is 0.243 e. The predicted molar refractivity (Wildman–Crippen MR) is 104 cm³/mol. The van der Waals surface area contributed by atoms with Gasteiger partial charge in [0, 0.05) is 17.6 Å².